The minimum atomic E-state index is -3.85. The fourth-order valence-electron chi connectivity index (χ4n) is 2.69. The molecule has 0 aliphatic carbocycles. The number of anilines is 1. The van der Waals surface area contributed by atoms with E-state index in [0.29, 0.717) is 11.3 Å². The van der Waals surface area contributed by atoms with E-state index < -0.39 is 10.0 Å². The number of hydrogen-bond donors (Lipinski definition) is 1. The third-order valence-electron chi connectivity index (χ3n) is 3.96. The molecule has 0 aromatic heterocycles. The summed E-state index contributed by atoms with van der Waals surface area (Å²) in [5, 5.41) is 0. The van der Waals surface area contributed by atoms with Gasteiger partial charge in [-0.25, -0.2) is 8.42 Å². The zero-order chi connectivity index (χ0) is 20.1. The minimum Gasteiger partial charge on any atom is -0.491 e. The predicted molar refractivity (Wildman–Crippen MR) is 109 cm³/mol. The van der Waals surface area contributed by atoms with E-state index in [4.69, 9.17) is 4.74 Å². The molecule has 3 aromatic rings. The Bertz CT molecular complexity index is 1060. The molecule has 6 heteroatoms. The van der Waals surface area contributed by atoms with E-state index in [1.54, 1.807) is 60.7 Å². The quantitative estimate of drug-likeness (QED) is 0.598. The van der Waals surface area contributed by atoms with Crippen LogP contribution in [-0.4, -0.2) is 20.3 Å². The van der Waals surface area contributed by atoms with E-state index in [1.807, 2.05) is 19.9 Å². The number of rotatable bonds is 7. The summed E-state index contributed by atoms with van der Waals surface area (Å²) in [6, 6.07) is 21.5. The van der Waals surface area contributed by atoms with Gasteiger partial charge in [-0.2, -0.15) is 0 Å². The maximum absolute atomic E-state index is 12.8. The number of carbonyl (C=O) groups excluding carboxylic acids is 1. The zero-order valence-electron chi connectivity index (χ0n) is 15.6. The Morgan fingerprint density at radius 3 is 2.11 bits per heavy atom. The standard InChI is InChI=1S/C22H21NO4S/c1-16(2)27-18-12-14-19(15-13-18)28(25,26)23-21-11-7-6-10-20(21)22(24)17-8-4-3-5-9-17/h3-16,23H,1-2H3. The second-order valence-corrected chi connectivity index (χ2v) is 8.17. The van der Waals surface area contributed by atoms with E-state index in [1.165, 1.54) is 12.1 Å². The fourth-order valence-corrected chi connectivity index (χ4v) is 3.77. The SMILES string of the molecule is CC(C)Oc1ccc(S(=O)(=O)Nc2ccccc2C(=O)c2ccccc2)cc1. The molecule has 0 bridgehead atoms. The van der Waals surface area contributed by atoms with Crippen molar-refractivity contribution in [2.45, 2.75) is 24.8 Å². The van der Waals surface area contributed by atoms with Gasteiger partial charge in [0.05, 0.1) is 16.7 Å². The van der Waals surface area contributed by atoms with Gasteiger partial charge in [0.1, 0.15) is 5.75 Å². The van der Waals surface area contributed by atoms with E-state index in [2.05, 4.69) is 4.72 Å². The number of hydrogen-bond acceptors (Lipinski definition) is 4. The van der Waals surface area contributed by atoms with Gasteiger partial charge in [0.2, 0.25) is 0 Å². The molecule has 3 aromatic carbocycles. The van der Waals surface area contributed by atoms with Crippen LogP contribution in [0, 0.1) is 0 Å². The summed E-state index contributed by atoms with van der Waals surface area (Å²) in [4.78, 5) is 12.9. The van der Waals surface area contributed by atoms with Crippen LogP contribution in [0.2, 0.25) is 0 Å². The van der Waals surface area contributed by atoms with Crippen LogP contribution in [0.5, 0.6) is 5.75 Å². The van der Waals surface area contributed by atoms with Gasteiger partial charge < -0.3 is 4.74 Å². The Kier molecular flexibility index (Phi) is 5.80. The van der Waals surface area contributed by atoms with Crippen molar-refractivity contribution in [1.29, 1.82) is 0 Å². The summed E-state index contributed by atoms with van der Waals surface area (Å²) in [6.07, 6.45) is -0.00328. The first-order valence-electron chi connectivity index (χ1n) is 8.85. The lowest BCUT2D eigenvalue weighted by Crippen LogP contribution is -2.16. The lowest BCUT2D eigenvalue weighted by atomic mass is 10.0. The number of ether oxygens (including phenoxy) is 1. The van der Waals surface area contributed by atoms with E-state index in [0.717, 1.165) is 0 Å². The average molecular weight is 395 g/mol. The van der Waals surface area contributed by atoms with Gasteiger partial charge in [-0.15, -0.1) is 0 Å². The molecule has 0 aliphatic heterocycles. The number of carbonyl (C=O) groups is 1. The van der Waals surface area contributed by atoms with Gasteiger partial charge in [-0.05, 0) is 50.2 Å². The zero-order valence-corrected chi connectivity index (χ0v) is 16.4. The van der Waals surface area contributed by atoms with Crippen molar-refractivity contribution >= 4 is 21.5 Å². The first kappa shape index (κ1) is 19.6. The van der Waals surface area contributed by atoms with Gasteiger partial charge in [0.15, 0.2) is 5.78 Å². The first-order valence-corrected chi connectivity index (χ1v) is 10.3. The van der Waals surface area contributed by atoms with Crippen molar-refractivity contribution in [3.63, 3.8) is 0 Å². The van der Waals surface area contributed by atoms with Crippen LogP contribution < -0.4 is 9.46 Å². The molecular weight excluding hydrogens is 374 g/mol. The van der Waals surface area contributed by atoms with Crippen molar-refractivity contribution in [3.05, 3.63) is 90.0 Å². The molecule has 144 valence electrons. The summed E-state index contributed by atoms with van der Waals surface area (Å²) in [6.45, 7) is 3.79. The third kappa shape index (κ3) is 4.58. The Labute approximate surface area is 165 Å². The number of sulfonamides is 1. The Morgan fingerprint density at radius 2 is 1.46 bits per heavy atom. The fraction of sp³-hybridized carbons (Fsp3) is 0.136. The molecule has 0 amide bonds. The summed E-state index contributed by atoms with van der Waals surface area (Å²) in [5.41, 5.74) is 1.01. The second-order valence-electron chi connectivity index (χ2n) is 6.48. The molecule has 1 N–H and O–H groups in total. The Morgan fingerprint density at radius 1 is 0.857 bits per heavy atom. The van der Waals surface area contributed by atoms with Crippen molar-refractivity contribution in [1.82, 2.24) is 0 Å². The molecular formula is C22H21NO4S. The largest absolute Gasteiger partial charge is 0.491 e. The molecule has 0 radical (unpaired) electrons. The molecule has 0 heterocycles. The van der Waals surface area contributed by atoms with Gasteiger partial charge in [0.25, 0.3) is 10.0 Å². The third-order valence-corrected chi connectivity index (χ3v) is 5.34. The maximum Gasteiger partial charge on any atom is 0.261 e. The van der Waals surface area contributed by atoms with Crippen molar-refractivity contribution in [2.75, 3.05) is 4.72 Å². The van der Waals surface area contributed by atoms with Crippen LogP contribution >= 0.6 is 0 Å². The first-order chi connectivity index (χ1) is 13.4. The number of ketones is 1. The van der Waals surface area contributed by atoms with Gasteiger partial charge in [-0.3, -0.25) is 9.52 Å². The van der Waals surface area contributed by atoms with Crippen LogP contribution in [0.25, 0.3) is 0 Å². The Hall–Kier alpha value is -3.12. The Balaban J connectivity index is 1.88. The normalized spacial score (nSPS) is 11.2. The second kappa shape index (κ2) is 8.27. The van der Waals surface area contributed by atoms with Crippen molar-refractivity contribution < 1.29 is 17.9 Å². The monoisotopic (exact) mass is 395 g/mol. The highest BCUT2D eigenvalue weighted by Crippen LogP contribution is 2.24. The van der Waals surface area contributed by atoms with Crippen molar-refractivity contribution in [2.24, 2.45) is 0 Å². The van der Waals surface area contributed by atoms with Gasteiger partial charge >= 0.3 is 0 Å². The van der Waals surface area contributed by atoms with Gasteiger partial charge in [0, 0.05) is 11.1 Å². The molecule has 0 saturated heterocycles. The number of nitrogens with one attached hydrogen (secondary N) is 1. The summed E-state index contributed by atoms with van der Waals surface area (Å²) < 4.78 is 33.6. The molecule has 0 fully saturated rings. The molecule has 5 nitrogen and oxygen atoms in total. The maximum atomic E-state index is 12.8. The van der Waals surface area contributed by atoms with E-state index >= 15 is 0 Å². The van der Waals surface area contributed by atoms with E-state index in [-0.39, 0.29) is 28.0 Å². The lowest BCUT2D eigenvalue weighted by Gasteiger charge is -2.13. The minimum absolute atomic E-state index is 0.00328. The van der Waals surface area contributed by atoms with Crippen LogP contribution in [-0.2, 0) is 10.0 Å². The van der Waals surface area contributed by atoms with Crippen LogP contribution in [0.1, 0.15) is 29.8 Å². The van der Waals surface area contributed by atoms with Crippen LogP contribution in [0.15, 0.2) is 83.8 Å². The summed E-state index contributed by atoms with van der Waals surface area (Å²) >= 11 is 0. The highest BCUT2D eigenvalue weighted by molar-refractivity contribution is 7.92. The smallest absolute Gasteiger partial charge is 0.261 e. The highest BCUT2D eigenvalue weighted by Gasteiger charge is 2.19. The molecule has 3 rings (SSSR count). The molecule has 0 saturated carbocycles. The van der Waals surface area contributed by atoms with Crippen LogP contribution in [0.4, 0.5) is 5.69 Å². The van der Waals surface area contributed by atoms with Crippen LogP contribution in [0.3, 0.4) is 0 Å². The summed E-state index contributed by atoms with van der Waals surface area (Å²) in [5.74, 6) is 0.341. The highest BCUT2D eigenvalue weighted by atomic mass is 32.2. The van der Waals surface area contributed by atoms with E-state index in [9.17, 15) is 13.2 Å². The molecule has 28 heavy (non-hydrogen) atoms. The molecule has 0 unspecified atom stereocenters. The summed E-state index contributed by atoms with van der Waals surface area (Å²) in [7, 11) is -3.85. The predicted octanol–water partition coefficient (Wildman–Crippen LogP) is 4.51. The average Bonchev–Trinajstić information content (AvgIpc) is 2.68. The topological polar surface area (TPSA) is 72.5 Å². The molecule has 0 atom stereocenters. The number of para-hydroxylation sites is 1. The molecule has 0 spiro atoms. The van der Waals surface area contributed by atoms with Gasteiger partial charge in [-0.1, -0.05) is 42.5 Å². The lowest BCUT2D eigenvalue weighted by molar-refractivity contribution is 0.103. The number of benzene rings is 3. The molecule has 0 aliphatic rings. The van der Waals surface area contributed by atoms with Crippen molar-refractivity contribution in [3.8, 4) is 5.75 Å².